The number of sulfonamides is 1. The number of benzene rings is 1. The molecule has 1 aromatic rings. The molecular weight excluding hydrogens is 310 g/mol. The summed E-state index contributed by atoms with van der Waals surface area (Å²) in [5.41, 5.74) is 1.03. The van der Waals surface area contributed by atoms with E-state index in [1.165, 1.54) is 0 Å². The molecule has 0 aliphatic carbocycles. The summed E-state index contributed by atoms with van der Waals surface area (Å²) in [7, 11) is -3.54. The van der Waals surface area contributed by atoms with Crippen LogP contribution in [0.3, 0.4) is 0 Å². The first-order valence-electron chi connectivity index (χ1n) is 8.53. The minimum absolute atomic E-state index is 0.158. The maximum absolute atomic E-state index is 13.1. The smallest absolute Gasteiger partial charge is 0.243 e. The van der Waals surface area contributed by atoms with Gasteiger partial charge in [0.2, 0.25) is 10.0 Å². The largest absolute Gasteiger partial charge is 0.299 e. The fraction of sp³-hybridized carbons (Fsp3) is 0.611. The van der Waals surface area contributed by atoms with Crippen molar-refractivity contribution in [2.75, 3.05) is 6.54 Å². The lowest BCUT2D eigenvalue weighted by atomic mass is 9.84. The van der Waals surface area contributed by atoms with Crippen LogP contribution in [-0.2, 0) is 14.8 Å². The molecule has 0 saturated carbocycles. The molecule has 128 valence electrons. The normalized spacial score (nSPS) is 23.2. The van der Waals surface area contributed by atoms with Gasteiger partial charge in [-0.1, -0.05) is 44.4 Å². The van der Waals surface area contributed by atoms with Gasteiger partial charge in [-0.2, -0.15) is 4.31 Å². The average Bonchev–Trinajstić information content (AvgIpc) is 2.51. The monoisotopic (exact) mass is 337 g/mol. The van der Waals surface area contributed by atoms with Crippen LogP contribution in [0.2, 0.25) is 0 Å². The molecule has 0 bridgehead atoms. The van der Waals surface area contributed by atoms with E-state index in [0.717, 1.165) is 31.2 Å². The second-order valence-corrected chi connectivity index (χ2v) is 8.29. The van der Waals surface area contributed by atoms with Crippen molar-refractivity contribution >= 4 is 15.8 Å². The fourth-order valence-corrected chi connectivity index (χ4v) is 5.13. The Labute approximate surface area is 139 Å². The fourth-order valence-electron chi connectivity index (χ4n) is 3.44. The molecule has 1 heterocycles. The minimum atomic E-state index is -3.54. The quantitative estimate of drug-likeness (QED) is 0.798. The van der Waals surface area contributed by atoms with E-state index in [0.29, 0.717) is 17.9 Å². The zero-order chi connectivity index (χ0) is 17.0. The summed E-state index contributed by atoms with van der Waals surface area (Å²) in [5.74, 6) is 0.0644. The molecule has 0 spiro atoms. The third-order valence-electron chi connectivity index (χ3n) is 4.64. The van der Waals surface area contributed by atoms with Crippen LogP contribution in [0.15, 0.2) is 29.2 Å². The Morgan fingerprint density at radius 1 is 1.09 bits per heavy atom. The molecule has 0 aromatic heterocycles. The topological polar surface area (TPSA) is 54.5 Å². The third-order valence-corrected chi connectivity index (χ3v) is 6.58. The van der Waals surface area contributed by atoms with Gasteiger partial charge in [-0.05, 0) is 31.9 Å². The van der Waals surface area contributed by atoms with E-state index < -0.39 is 10.0 Å². The molecular formula is C18H27NO3S. The van der Waals surface area contributed by atoms with Gasteiger partial charge in [0.15, 0.2) is 0 Å². The van der Waals surface area contributed by atoms with Crippen LogP contribution < -0.4 is 0 Å². The number of hydrogen-bond donors (Lipinski definition) is 0. The Kier molecular flexibility index (Phi) is 5.98. The number of rotatable bonds is 6. The molecule has 0 unspecified atom stereocenters. The van der Waals surface area contributed by atoms with Crippen molar-refractivity contribution in [2.45, 2.75) is 63.8 Å². The van der Waals surface area contributed by atoms with Crippen LogP contribution >= 0.6 is 0 Å². The summed E-state index contributed by atoms with van der Waals surface area (Å²) in [6.07, 6.45) is 3.61. The standard InChI is InChI=1S/C18H27NO3S/c1-4-6-16-17(7-5-2)19(13-12-18(16)20)23(21,22)15-10-8-14(3)9-11-15/h8-11,16-17H,4-7,12-13H2,1-3H3/t16-,17-/m1/s1. The van der Waals surface area contributed by atoms with Crippen molar-refractivity contribution in [3.05, 3.63) is 29.8 Å². The van der Waals surface area contributed by atoms with Gasteiger partial charge >= 0.3 is 0 Å². The van der Waals surface area contributed by atoms with E-state index in [1.807, 2.05) is 32.9 Å². The van der Waals surface area contributed by atoms with Crippen LogP contribution in [0.5, 0.6) is 0 Å². The molecule has 1 aliphatic heterocycles. The lowest BCUT2D eigenvalue weighted by Crippen LogP contribution is -2.51. The molecule has 23 heavy (non-hydrogen) atoms. The first kappa shape index (κ1) is 18.1. The third kappa shape index (κ3) is 3.83. The number of nitrogens with zero attached hydrogens (tertiary/aromatic N) is 1. The predicted molar refractivity (Wildman–Crippen MR) is 91.8 cm³/mol. The van der Waals surface area contributed by atoms with E-state index in [2.05, 4.69) is 0 Å². The van der Waals surface area contributed by atoms with Gasteiger partial charge in [-0.3, -0.25) is 4.79 Å². The lowest BCUT2D eigenvalue weighted by Gasteiger charge is -2.39. The first-order chi connectivity index (χ1) is 10.9. The number of piperidine rings is 1. The molecule has 0 N–H and O–H groups in total. The van der Waals surface area contributed by atoms with E-state index in [1.54, 1.807) is 16.4 Å². The average molecular weight is 337 g/mol. The second-order valence-electron chi connectivity index (χ2n) is 6.40. The Hall–Kier alpha value is -1.20. The molecule has 0 amide bonds. The van der Waals surface area contributed by atoms with Crippen LogP contribution in [0, 0.1) is 12.8 Å². The summed E-state index contributed by atoms with van der Waals surface area (Å²) in [6.45, 7) is 6.33. The number of hydrogen-bond acceptors (Lipinski definition) is 3. The van der Waals surface area contributed by atoms with Crippen molar-refractivity contribution in [1.82, 2.24) is 4.31 Å². The van der Waals surface area contributed by atoms with Gasteiger partial charge in [-0.15, -0.1) is 0 Å². The second kappa shape index (κ2) is 7.58. The van der Waals surface area contributed by atoms with Gasteiger partial charge in [0.1, 0.15) is 5.78 Å². The molecule has 1 aliphatic rings. The number of aryl methyl sites for hydroxylation is 1. The van der Waals surface area contributed by atoms with Crippen LogP contribution in [0.25, 0.3) is 0 Å². The highest BCUT2D eigenvalue weighted by atomic mass is 32.2. The summed E-state index contributed by atoms with van der Waals surface area (Å²) >= 11 is 0. The van der Waals surface area contributed by atoms with Crippen molar-refractivity contribution in [1.29, 1.82) is 0 Å². The Bertz CT molecular complexity index is 637. The predicted octanol–water partition coefficient (Wildman–Crippen LogP) is 3.54. The number of Topliss-reactive ketones (excluding diaryl/α,β-unsaturated/α-hetero) is 1. The highest BCUT2D eigenvalue weighted by Gasteiger charge is 2.41. The number of carbonyl (C=O) groups excluding carboxylic acids is 1. The summed E-state index contributed by atoms with van der Waals surface area (Å²) in [6, 6.07) is 6.77. The van der Waals surface area contributed by atoms with Gasteiger partial charge in [0, 0.05) is 24.9 Å². The van der Waals surface area contributed by atoms with E-state index in [-0.39, 0.29) is 17.7 Å². The zero-order valence-electron chi connectivity index (χ0n) is 14.3. The SMILES string of the molecule is CCC[C@@H]1[C@@H](CCC)C(=O)CCN1S(=O)(=O)c1ccc(C)cc1. The molecule has 5 heteroatoms. The van der Waals surface area contributed by atoms with Crippen LogP contribution in [0.1, 0.15) is 51.5 Å². The van der Waals surface area contributed by atoms with Crippen molar-refractivity contribution in [3.63, 3.8) is 0 Å². The minimum Gasteiger partial charge on any atom is -0.299 e. The van der Waals surface area contributed by atoms with Gasteiger partial charge < -0.3 is 0 Å². The van der Waals surface area contributed by atoms with Crippen molar-refractivity contribution in [2.24, 2.45) is 5.92 Å². The molecule has 1 fully saturated rings. The van der Waals surface area contributed by atoms with Crippen LogP contribution in [0.4, 0.5) is 0 Å². The van der Waals surface area contributed by atoms with E-state index >= 15 is 0 Å². The number of carbonyl (C=O) groups is 1. The highest BCUT2D eigenvalue weighted by molar-refractivity contribution is 7.89. The molecule has 2 atom stereocenters. The van der Waals surface area contributed by atoms with Crippen LogP contribution in [-0.4, -0.2) is 31.1 Å². The summed E-state index contributed by atoms with van der Waals surface area (Å²) in [5, 5.41) is 0. The molecule has 0 radical (unpaired) electrons. The lowest BCUT2D eigenvalue weighted by molar-refractivity contribution is -0.127. The highest BCUT2D eigenvalue weighted by Crippen LogP contribution is 2.32. The first-order valence-corrected chi connectivity index (χ1v) is 9.97. The maximum Gasteiger partial charge on any atom is 0.243 e. The van der Waals surface area contributed by atoms with Crippen molar-refractivity contribution < 1.29 is 13.2 Å². The Morgan fingerprint density at radius 3 is 2.26 bits per heavy atom. The Balaban J connectivity index is 2.37. The summed E-state index contributed by atoms with van der Waals surface area (Å²) in [4.78, 5) is 12.6. The van der Waals surface area contributed by atoms with Gasteiger partial charge in [0.25, 0.3) is 0 Å². The number of ketones is 1. The molecule has 1 saturated heterocycles. The van der Waals surface area contributed by atoms with E-state index in [4.69, 9.17) is 0 Å². The van der Waals surface area contributed by atoms with Crippen molar-refractivity contribution in [3.8, 4) is 0 Å². The molecule has 1 aromatic carbocycles. The maximum atomic E-state index is 13.1. The molecule has 4 nitrogen and oxygen atoms in total. The Morgan fingerprint density at radius 2 is 1.70 bits per heavy atom. The zero-order valence-corrected chi connectivity index (χ0v) is 15.1. The van der Waals surface area contributed by atoms with Gasteiger partial charge in [0.05, 0.1) is 4.90 Å². The molecule has 2 rings (SSSR count). The van der Waals surface area contributed by atoms with E-state index in [9.17, 15) is 13.2 Å². The van der Waals surface area contributed by atoms with Gasteiger partial charge in [-0.25, -0.2) is 8.42 Å². The summed E-state index contributed by atoms with van der Waals surface area (Å²) < 4.78 is 27.7.